The highest BCUT2D eigenvalue weighted by Gasteiger charge is 2.22. The maximum atomic E-state index is 11.8. The van der Waals surface area contributed by atoms with E-state index in [0.29, 0.717) is 43.4 Å². The Morgan fingerprint density at radius 1 is 1.29 bits per heavy atom. The molecule has 1 aromatic rings. The molecule has 0 aliphatic carbocycles. The Labute approximate surface area is 139 Å². The van der Waals surface area contributed by atoms with E-state index >= 15 is 0 Å². The smallest absolute Gasteiger partial charge is 0.315 e. The van der Waals surface area contributed by atoms with Gasteiger partial charge in [-0.2, -0.15) is 0 Å². The van der Waals surface area contributed by atoms with Crippen LogP contribution in [-0.4, -0.2) is 44.5 Å². The Kier molecular flexibility index (Phi) is 5.25. The molecule has 1 atom stereocenters. The van der Waals surface area contributed by atoms with Crippen molar-refractivity contribution in [3.63, 3.8) is 0 Å². The van der Waals surface area contributed by atoms with E-state index in [-0.39, 0.29) is 18.7 Å². The third-order valence-corrected chi connectivity index (χ3v) is 3.84. The van der Waals surface area contributed by atoms with Crippen molar-refractivity contribution >= 4 is 11.9 Å². The molecule has 24 heavy (non-hydrogen) atoms. The van der Waals surface area contributed by atoms with Gasteiger partial charge in [-0.3, -0.25) is 4.79 Å². The lowest BCUT2D eigenvalue weighted by molar-refractivity contribution is -0.122. The molecule has 0 saturated carbocycles. The zero-order chi connectivity index (χ0) is 16.8. The summed E-state index contributed by atoms with van der Waals surface area (Å²) in [5.74, 6) is 1.86. The molecule has 2 aliphatic rings. The molecule has 8 heteroatoms. The van der Waals surface area contributed by atoms with Crippen LogP contribution in [0.1, 0.15) is 19.3 Å². The highest BCUT2D eigenvalue weighted by atomic mass is 16.7. The summed E-state index contributed by atoms with van der Waals surface area (Å²) in [6.07, 6.45) is 2.51. The molecule has 3 N–H and O–H groups in total. The Morgan fingerprint density at radius 2 is 2.17 bits per heavy atom. The average molecular weight is 335 g/mol. The maximum Gasteiger partial charge on any atom is 0.315 e. The normalized spacial score (nSPS) is 19.2. The number of nitrogens with one attached hydrogen (secondary N) is 3. The standard InChI is InChI=1S/C16H21N3O5/c20-15-12(3-1-2-6-17-15)19-16(21)18-7-8-22-11-4-5-13-14(9-11)24-10-23-13/h4-5,9,12H,1-3,6-8,10H2,(H,17,20)(H2,18,19,21)/t12-/m0/s1. The Hall–Kier alpha value is -2.64. The van der Waals surface area contributed by atoms with Gasteiger partial charge in [-0.05, 0) is 31.4 Å². The molecule has 0 radical (unpaired) electrons. The van der Waals surface area contributed by atoms with Gasteiger partial charge in [-0.1, -0.05) is 0 Å². The molecule has 3 rings (SSSR count). The largest absolute Gasteiger partial charge is 0.492 e. The van der Waals surface area contributed by atoms with E-state index < -0.39 is 6.04 Å². The first kappa shape index (κ1) is 16.2. The van der Waals surface area contributed by atoms with Crippen molar-refractivity contribution in [2.24, 2.45) is 0 Å². The summed E-state index contributed by atoms with van der Waals surface area (Å²) in [6, 6.07) is 4.47. The number of rotatable bonds is 5. The van der Waals surface area contributed by atoms with E-state index in [1.807, 2.05) is 0 Å². The molecule has 8 nitrogen and oxygen atoms in total. The summed E-state index contributed by atoms with van der Waals surface area (Å²) < 4.78 is 16.0. The van der Waals surface area contributed by atoms with Gasteiger partial charge in [-0.25, -0.2) is 4.79 Å². The molecular formula is C16H21N3O5. The Balaban J connectivity index is 1.37. The van der Waals surface area contributed by atoms with Crippen LogP contribution in [0.4, 0.5) is 4.79 Å². The molecule has 1 aromatic carbocycles. The molecule has 0 aromatic heterocycles. The molecule has 3 amide bonds. The van der Waals surface area contributed by atoms with Gasteiger partial charge in [0.15, 0.2) is 11.5 Å². The minimum Gasteiger partial charge on any atom is -0.492 e. The quantitative estimate of drug-likeness (QED) is 0.690. The Bertz CT molecular complexity index is 607. The van der Waals surface area contributed by atoms with Crippen LogP contribution in [0.3, 0.4) is 0 Å². The van der Waals surface area contributed by atoms with Crippen LogP contribution in [0.5, 0.6) is 17.2 Å². The molecule has 1 fully saturated rings. The van der Waals surface area contributed by atoms with Gasteiger partial charge < -0.3 is 30.2 Å². The molecule has 2 aliphatic heterocycles. The fraction of sp³-hybridized carbons (Fsp3) is 0.500. The van der Waals surface area contributed by atoms with Gasteiger partial charge in [0.05, 0.1) is 6.54 Å². The Morgan fingerprint density at radius 3 is 3.08 bits per heavy atom. The monoisotopic (exact) mass is 335 g/mol. The maximum absolute atomic E-state index is 11.8. The average Bonchev–Trinajstić information content (AvgIpc) is 2.96. The summed E-state index contributed by atoms with van der Waals surface area (Å²) in [6.45, 7) is 1.52. The SMILES string of the molecule is O=C(NCCOc1ccc2c(c1)OCO2)N[C@H]1CCCCNC1=O. The van der Waals surface area contributed by atoms with Crippen molar-refractivity contribution in [1.29, 1.82) is 0 Å². The van der Waals surface area contributed by atoms with Crippen LogP contribution in [0.2, 0.25) is 0 Å². The molecule has 1 saturated heterocycles. The number of hydrogen-bond donors (Lipinski definition) is 3. The van der Waals surface area contributed by atoms with Crippen LogP contribution in [0.15, 0.2) is 18.2 Å². The van der Waals surface area contributed by atoms with Crippen LogP contribution in [0, 0.1) is 0 Å². The van der Waals surface area contributed by atoms with Gasteiger partial charge in [0.25, 0.3) is 0 Å². The van der Waals surface area contributed by atoms with Gasteiger partial charge >= 0.3 is 6.03 Å². The predicted octanol–water partition coefficient (Wildman–Crippen LogP) is 0.762. The van der Waals surface area contributed by atoms with Crippen molar-refractivity contribution in [3.05, 3.63) is 18.2 Å². The van der Waals surface area contributed by atoms with E-state index in [0.717, 1.165) is 12.8 Å². The van der Waals surface area contributed by atoms with Gasteiger partial charge in [0.1, 0.15) is 18.4 Å². The van der Waals surface area contributed by atoms with Crippen molar-refractivity contribution in [2.45, 2.75) is 25.3 Å². The van der Waals surface area contributed by atoms with Crippen molar-refractivity contribution < 1.29 is 23.8 Å². The van der Waals surface area contributed by atoms with Crippen LogP contribution in [-0.2, 0) is 4.79 Å². The molecule has 0 unspecified atom stereocenters. The highest BCUT2D eigenvalue weighted by Crippen LogP contribution is 2.34. The van der Waals surface area contributed by atoms with E-state index in [1.165, 1.54) is 0 Å². The number of carbonyl (C=O) groups excluding carboxylic acids is 2. The first-order chi connectivity index (χ1) is 11.7. The fourth-order valence-corrected chi connectivity index (χ4v) is 2.59. The second-order valence-electron chi connectivity index (χ2n) is 5.60. The molecule has 0 bridgehead atoms. The molecule has 2 heterocycles. The van der Waals surface area contributed by atoms with Gasteiger partial charge in [0, 0.05) is 12.6 Å². The van der Waals surface area contributed by atoms with Crippen LogP contribution >= 0.6 is 0 Å². The van der Waals surface area contributed by atoms with Crippen LogP contribution < -0.4 is 30.2 Å². The summed E-state index contributed by atoms with van der Waals surface area (Å²) in [5, 5.41) is 8.15. The number of urea groups is 1. The first-order valence-electron chi connectivity index (χ1n) is 8.07. The van der Waals surface area contributed by atoms with E-state index in [1.54, 1.807) is 18.2 Å². The van der Waals surface area contributed by atoms with Crippen molar-refractivity contribution in [2.75, 3.05) is 26.5 Å². The first-order valence-corrected chi connectivity index (χ1v) is 8.07. The number of carbonyl (C=O) groups is 2. The summed E-state index contributed by atoms with van der Waals surface area (Å²) >= 11 is 0. The molecular weight excluding hydrogens is 314 g/mol. The lowest BCUT2D eigenvalue weighted by atomic mass is 10.1. The van der Waals surface area contributed by atoms with E-state index in [9.17, 15) is 9.59 Å². The second kappa shape index (κ2) is 7.76. The number of hydrogen-bond acceptors (Lipinski definition) is 5. The highest BCUT2D eigenvalue weighted by molar-refractivity contribution is 5.87. The number of benzene rings is 1. The topological polar surface area (TPSA) is 97.9 Å². The third-order valence-electron chi connectivity index (χ3n) is 3.84. The van der Waals surface area contributed by atoms with Crippen LogP contribution in [0.25, 0.3) is 0 Å². The minimum atomic E-state index is -0.470. The molecule has 0 spiro atoms. The summed E-state index contributed by atoms with van der Waals surface area (Å²) in [5.41, 5.74) is 0. The predicted molar refractivity (Wildman–Crippen MR) is 85.2 cm³/mol. The summed E-state index contributed by atoms with van der Waals surface area (Å²) in [4.78, 5) is 23.6. The zero-order valence-corrected chi connectivity index (χ0v) is 13.3. The number of ether oxygens (including phenoxy) is 3. The number of fused-ring (bicyclic) bond motifs is 1. The molecule has 130 valence electrons. The second-order valence-corrected chi connectivity index (χ2v) is 5.60. The zero-order valence-electron chi connectivity index (χ0n) is 13.3. The summed E-state index contributed by atoms with van der Waals surface area (Å²) in [7, 11) is 0. The van der Waals surface area contributed by atoms with Gasteiger partial charge in [-0.15, -0.1) is 0 Å². The van der Waals surface area contributed by atoms with Gasteiger partial charge in [0.2, 0.25) is 12.7 Å². The third kappa shape index (κ3) is 4.21. The minimum absolute atomic E-state index is 0.126. The van der Waals surface area contributed by atoms with E-state index in [4.69, 9.17) is 14.2 Å². The van der Waals surface area contributed by atoms with Crippen molar-refractivity contribution in [1.82, 2.24) is 16.0 Å². The fourth-order valence-electron chi connectivity index (χ4n) is 2.59. The lowest BCUT2D eigenvalue weighted by Gasteiger charge is -2.16. The lowest BCUT2D eigenvalue weighted by Crippen LogP contribution is -2.49. The van der Waals surface area contributed by atoms with Crippen molar-refractivity contribution in [3.8, 4) is 17.2 Å². The number of amides is 3. The van der Waals surface area contributed by atoms with E-state index in [2.05, 4.69) is 16.0 Å².